The fourth-order valence-electron chi connectivity index (χ4n) is 1.47. The molecule has 0 saturated carbocycles. The van der Waals surface area contributed by atoms with Crippen LogP contribution in [-0.2, 0) is 0 Å². The van der Waals surface area contributed by atoms with Crippen LogP contribution < -0.4 is 0 Å². The Morgan fingerprint density at radius 1 is 1.50 bits per heavy atom. The highest BCUT2D eigenvalue weighted by atomic mass is 35.5. The molecule has 0 aliphatic heterocycles. The van der Waals surface area contributed by atoms with Crippen molar-refractivity contribution in [3.63, 3.8) is 0 Å². The Morgan fingerprint density at radius 3 is 2.67 bits per heavy atom. The van der Waals surface area contributed by atoms with Crippen molar-refractivity contribution in [1.82, 2.24) is 4.90 Å². The number of carbonyl (C=O) groups excluding carboxylic acids is 1. The first-order chi connectivity index (χ1) is 8.45. The van der Waals surface area contributed by atoms with Crippen LogP contribution in [0.15, 0.2) is 18.2 Å². The molecule has 0 aliphatic carbocycles. The van der Waals surface area contributed by atoms with Gasteiger partial charge in [0.2, 0.25) is 0 Å². The lowest BCUT2D eigenvalue weighted by molar-refractivity contribution is 0.0571. The van der Waals surface area contributed by atoms with Crippen LogP contribution in [0.2, 0.25) is 0 Å². The maximum atomic E-state index is 12.3. The number of amides is 1. The maximum Gasteiger partial charge on any atom is 0.255 e. The molecule has 0 aliphatic rings. The highest BCUT2D eigenvalue weighted by Gasteiger charge is 2.19. The summed E-state index contributed by atoms with van der Waals surface area (Å²) in [6, 6.07) is 4.32. The Hall–Kier alpha value is -1.36. The summed E-state index contributed by atoms with van der Waals surface area (Å²) >= 11 is 5.48. The minimum absolute atomic E-state index is 0.0382. The molecule has 1 amide bonds. The number of nitrogens with zero attached hydrogens (tertiary/aromatic N) is 1. The first-order valence-corrected chi connectivity index (χ1v) is 5.92. The van der Waals surface area contributed by atoms with Gasteiger partial charge in [0.25, 0.3) is 12.3 Å². The average molecular weight is 278 g/mol. The van der Waals surface area contributed by atoms with Gasteiger partial charge in [0, 0.05) is 18.0 Å². The van der Waals surface area contributed by atoms with Crippen molar-refractivity contribution < 1.29 is 18.7 Å². The number of halogens is 3. The van der Waals surface area contributed by atoms with Gasteiger partial charge in [-0.2, -0.15) is 0 Å². The molecule has 0 saturated heterocycles. The molecule has 1 aromatic rings. The standard InChI is InChI=1S/C12H14ClF2NO2/c1-8-2-3-9(6-10(8)17)12(18)16(5-4-13)7-11(14)15/h2-3,6,11,17H,4-5,7H2,1H3. The number of hydrogen-bond donors (Lipinski definition) is 1. The number of alkyl halides is 3. The highest BCUT2D eigenvalue weighted by Crippen LogP contribution is 2.19. The molecule has 0 unspecified atom stereocenters. The van der Waals surface area contributed by atoms with Gasteiger partial charge in [0.15, 0.2) is 0 Å². The summed E-state index contributed by atoms with van der Waals surface area (Å²) in [5, 5.41) is 9.50. The zero-order chi connectivity index (χ0) is 13.7. The predicted octanol–water partition coefficient (Wildman–Crippen LogP) is 2.65. The molecule has 0 spiro atoms. The lowest BCUT2D eigenvalue weighted by Gasteiger charge is -2.21. The smallest absolute Gasteiger partial charge is 0.255 e. The van der Waals surface area contributed by atoms with E-state index in [9.17, 15) is 18.7 Å². The van der Waals surface area contributed by atoms with Gasteiger partial charge in [0.1, 0.15) is 5.75 Å². The van der Waals surface area contributed by atoms with E-state index < -0.39 is 18.9 Å². The van der Waals surface area contributed by atoms with Gasteiger partial charge >= 0.3 is 0 Å². The van der Waals surface area contributed by atoms with Crippen LogP contribution in [0.25, 0.3) is 0 Å². The van der Waals surface area contributed by atoms with Crippen LogP contribution in [0.5, 0.6) is 5.75 Å². The summed E-state index contributed by atoms with van der Waals surface area (Å²) in [6.07, 6.45) is -2.61. The third-order valence-electron chi connectivity index (χ3n) is 2.46. The van der Waals surface area contributed by atoms with Gasteiger partial charge in [-0.1, -0.05) is 6.07 Å². The summed E-state index contributed by atoms with van der Waals surface area (Å²) in [5.41, 5.74) is 0.785. The molecule has 0 aromatic heterocycles. The van der Waals surface area contributed by atoms with E-state index in [4.69, 9.17) is 11.6 Å². The molecule has 0 heterocycles. The van der Waals surface area contributed by atoms with Gasteiger partial charge in [0.05, 0.1) is 6.54 Å². The fraction of sp³-hybridized carbons (Fsp3) is 0.417. The molecule has 1 rings (SSSR count). The number of phenols is 1. The molecule has 0 radical (unpaired) electrons. The van der Waals surface area contributed by atoms with E-state index in [1.165, 1.54) is 12.1 Å². The van der Waals surface area contributed by atoms with Gasteiger partial charge in [-0.05, 0) is 24.6 Å². The van der Waals surface area contributed by atoms with E-state index in [0.29, 0.717) is 5.56 Å². The van der Waals surface area contributed by atoms with Gasteiger partial charge < -0.3 is 10.0 Å². The summed E-state index contributed by atoms with van der Waals surface area (Å²) in [6.45, 7) is 1.05. The number of benzene rings is 1. The number of rotatable bonds is 5. The Labute approximate surface area is 109 Å². The number of carbonyl (C=O) groups is 1. The van der Waals surface area contributed by atoms with E-state index in [0.717, 1.165) is 4.90 Å². The van der Waals surface area contributed by atoms with E-state index >= 15 is 0 Å². The molecule has 18 heavy (non-hydrogen) atoms. The second-order valence-corrected chi connectivity index (χ2v) is 4.21. The molecular formula is C12H14ClF2NO2. The number of phenolic OH excluding ortho intramolecular Hbond substituents is 1. The van der Waals surface area contributed by atoms with Crippen LogP contribution in [0, 0.1) is 6.92 Å². The van der Waals surface area contributed by atoms with Crippen molar-refractivity contribution in [3.8, 4) is 5.75 Å². The Kier molecular flexibility index (Phi) is 5.34. The third-order valence-corrected chi connectivity index (χ3v) is 2.63. The van der Waals surface area contributed by atoms with Crippen molar-refractivity contribution in [2.45, 2.75) is 13.3 Å². The molecule has 0 atom stereocenters. The van der Waals surface area contributed by atoms with Crippen molar-refractivity contribution in [2.75, 3.05) is 19.0 Å². The van der Waals surface area contributed by atoms with E-state index in [2.05, 4.69) is 0 Å². The number of hydrogen-bond acceptors (Lipinski definition) is 2. The lowest BCUT2D eigenvalue weighted by Crippen LogP contribution is -2.36. The Balaban J connectivity index is 2.90. The molecular weight excluding hydrogens is 264 g/mol. The highest BCUT2D eigenvalue weighted by molar-refractivity contribution is 6.18. The minimum Gasteiger partial charge on any atom is -0.508 e. The third kappa shape index (κ3) is 3.84. The summed E-state index contributed by atoms with van der Waals surface area (Å²) in [4.78, 5) is 12.9. The Morgan fingerprint density at radius 2 is 2.17 bits per heavy atom. The van der Waals surface area contributed by atoms with Crippen molar-refractivity contribution in [1.29, 1.82) is 0 Å². The minimum atomic E-state index is -2.61. The molecule has 1 N–H and O–H groups in total. The fourth-order valence-corrected chi connectivity index (χ4v) is 1.67. The van der Waals surface area contributed by atoms with Gasteiger partial charge in [-0.3, -0.25) is 4.79 Å². The topological polar surface area (TPSA) is 40.5 Å². The number of aryl methyl sites for hydroxylation is 1. The zero-order valence-corrected chi connectivity index (χ0v) is 10.6. The SMILES string of the molecule is Cc1ccc(C(=O)N(CCCl)CC(F)F)cc1O. The second kappa shape index (κ2) is 6.54. The summed E-state index contributed by atoms with van der Waals surface area (Å²) in [5.74, 6) is -0.522. The van der Waals surface area contributed by atoms with Gasteiger partial charge in [-0.15, -0.1) is 11.6 Å². The number of aromatic hydroxyl groups is 1. The predicted molar refractivity (Wildman–Crippen MR) is 65.5 cm³/mol. The van der Waals surface area contributed by atoms with Crippen molar-refractivity contribution >= 4 is 17.5 Å². The largest absolute Gasteiger partial charge is 0.508 e. The van der Waals surface area contributed by atoms with E-state index in [1.807, 2.05) is 0 Å². The van der Waals surface area contributed by atoms with Crippen LogP contribution >= 0.6 is 11.6 Å². The molecule has 3 nitrogen and oxygen atoms in total. The molecule has 1 aromatic carbocycles. The van der Waals surface area contributed by atoms with Crippen LogP contribution in [-0.4, -0.2) is 41.3 Å². The summed E-state index contributed by atoms with van der Waals surface area (Å²) in [7, 11) is 0. The quantitative estimate of drug-likeness (QED) is 0.841. The van der Waals surface area contributed by atoms with Crippen molar-refractivity contribution in [3.05, 3.63) is 29.3 Å². The van der Waals surface area contributed by atoms with E-state index in [-0.39, 0.29) is 23.7 Å². The van der Waals surface area contributed by atoms with E-state index in [1.54, 1.807) is 13.0 Å². The van der Waals surface area contributed by atoms with Gasteiger partial charge in [-0.25, -0.2) is 8.78 Å². The normalized spacial score (nSPS) is 10.7. The second-order valence-electron chi connectivity index (χ2n) is 3.83. The monoisotopic (exact) mass is 277 g/mol. The first-order valence-electron chi connectivity index (χ1n) is 5.38. The summed E-state index contributed by atoms with van der Waals surface area (Å²) < 4.78 is 24.7. The van der Waals surface area contributed by atoms with Crippen LogP contribution in [0.4, 0.5) is 8.78 Å². The molecule has 0 fully saturated rings. The Bertz CT molecular complexity index is 427. The maximum absolute atomic E-state index is 12.3. The van der Waals surface area contributed by atoms with Crippen LogP contribution in [0.1, 0.15) is 15.9 Å². The van der Waals surface area contributed by atoms with Crippen LogP contribution in [0.3, 0.4) is 0 Å². The molecule has 6 heteroatoms. The average Bonchev–Trinajstić information content (AvgIpc) is 2.31. The van der Waals surface area contributed by atoms with Crippen molar-refractivity contribution in [2.24, 2.45) is 0 Å². The lowest BCUT2D eigenvalue weighted by atomic mass is 10.1. The molecule has 0 bridgehead atoms. The molecule has 100 valence electrons. The zero-order valence-electron chi connectivity index (χ0n) is 9.87. The first kappa shape index (κ1) is 14.7.